The van der Waals surface area contributed by atoms with E-state index < -0.39 is 14.5 Å². The highest BCUT2D eigenvalue weighted by atomic mass is 79.9. The molecule has 0 aliphatic carbocycles. The largest absolute Gasteiger partial charge is 1.00 e. The maximum absolute atomic E-state index is 6.14. The quantitative estimate of drug-likeness (QED) is 0.183. The minimum absolute atomic E-state index is 0. The topological polar surface area (TPSA) is 9.23 Å². The molecule has 0 bridgehead atoms. The van der Waals surface area contributed by atoms with Crippen LogP contribution in [-0.2, 0) is 12.3 Å². The fourth-order valence-electron chi connectivity index (χ4n) is 7.30. The first-order valence-corrected chi connectivity index (χ1v) is 20.9. The maximum atomic E-state index is 6.14. The number of hydrogen-bond donors (Lipinski definition) is 0. The molecule has 0 saturated carbocycles. The first-order valence-electron chi connectivity index (χ1n) is 16.9. The Hall–Kier alpha value is -3.84. The Labute approximate surface area is 326 Å². The molecule has 0 saturated heterocycles. The number of ether oxygens (including phenoxy) is 1. The lowest BCUT2D eigenvalue weighted by Gasteiger charge is -2.30. The van der Waals surface area contributed by atoms with Gasteiger partial charge < -0.3 is 38.7 Å². The van der Waals surface area contributed by atoms with Gasteiger partial charge in [0.15, 0.2) is 0 Å². The Bertz CT molecular complexity index is 1750. The van der Waals surface area contributed by atoms with Crippen molar-refractivity contribution in [2.24, 2.45) is 0 Å². The zero-order valence-corrected chi connectivity index (χ0v) is 33.9. The van der Waals surface area contributed by atoms with Crippen LogP contribution in [0.15, 0.2) is 194 Å². The van der Waals surface area contributed by atoms with E-state index >= 15 is 0 Å². The lowest BCUT2D eigenvalue weighted by Crippen LogP contribution is -3.00. The molecule has 51 heavy (non-hydrogen) atoms. The van der Waals surface area contributed by atoms with E-state index in [2.05, 4.69) is 201 Å². The third-order valence-electron chi connectivity index (χ3n) is 9.83. The van der Waals surface area contributed by atoms with Gasteiger partial charge in [-0.3, -0.25) is 0 Å². The molecule has 0 heterocycles. The molecule has 256 valence electrons. The molecule has 0 atom stereocenters. The Morgan fingerprint density at radius 2 is 0.588 bits per heavy atom. The fourth-order valence-corrected chi connectivity index (χ4v) is 16.0. The van der Waals surface area contributed by atoms with Crippen LogP contribution in [-0.4, -0.2) is 7.11 Å². The molecule has 0 amide bonds. The van der Waals surface area contributed by atoms with Crippen LogP contribution in [0.3, 0.4) is 0 Å². The van der Waals surface area contributed by atoms with E-state index in [9.17, 15) is 0 Å². The molecule has 1 nitrogen and oxygen atoms in total. The molecule has 0 fully saturated rings. The number of halogens is 2. The third-order valence-corrected chi connectivity index (χ3v) is 18.5. The molecule has 0 aromatic heterocycles. The zero-order valence-electron chi connectivity index (χ0n) is 28.9. The summed E-state index contributed by atoms with van der Waals surface area (Å²) in [7, 11) is -2.44. The highest BCUT2D eigenvalue weighted by Gasteiger charge is 2.48. The van der Waals surface area contributed by atoms with Crippen LogP contribution < -0.4 is 70.5 Å². The summed E-state index contributed by atoms with van der Waals surface area (Å²) in [5, 5.41) is 8.31. The van der Waals surface area contributed by atoms with Gasteiger partial charge in [-0.25, -0.2) is 0 Å². The lowest BCUT2D eigenvalue weighted by molar-refractivity contribution is -0.001000. The fraction of sp³-hybridized carbons (Fsp3) is 0.0870. The predicted molar refractivity (Wildman–Crippen MR) is 215 cm³/mol. The van der Waals surface area contributed by atoms with Crippen molar-refractivity contribution < 1.29 is 38.7 Å². The van der Waals surface area contributed by atoms with Gasteiger partial charge in [-0.2, -0.15) is 0 Å². The van der Waals surface area contributed by atoms with Crippen molar-refractivity contribution >= 4 is 46.4 Å². The van der Waals surface area contributed by atoms with Crippen molar-refractivity contribution in [2.75, 3.05) is 7.11 Å². The van der Waals surface area contributed by atoms with Crippen molar-refractivity contribution in [3.05, 3.63) is 211 Å². The first-order chi connectivity index (χ1) is 24.1. The van der Waals surface area contributed by atoms with Crippen molar-refractivity contribution in [1.29, 1.82) is 0 Å². The highest BCUT2D eigenvalue weighted by Crippen LogP contribution is 2.61. The maximum Gasteiger partial charge on any atom is 0.119 e. The van der Waals surface area contributed by atoms with Gasteiger partial charge in [-0.05, 0) is 109 Å². The average Bonchev–Trinajstić information content (AvgIpc) is 3.19. The average molecular weight is 833 g/mol. The Kier molecular flexibility index (Phi) is 13.2. The smallest absolute Gasteiger partial charge is 0.119 e. The molecule has 5 heteroatoms. The summed E-state index contributed by atoms with van der Waals surface area (Å²) < 4.78 is 6.14. The van der Waals surface area contributed by atoms with Crippen molar-refractivity contribution in [3.63, 3.8) is 0 Å². The predicted octanol–water partition coefficient (Wildman–Crippen LogP) is 3.00. The van der Waals surface area contributed by atoms with Gasteiger partial charge in [-0.15, -0.1) is 0 Å². The summed E-state index contributed by atoms with van der Waals surface area (Å²) in [6.45, 7) is 2.34. The Balaban J connectivity index is 0.00000252. The second kappa shape index (κ2) is 17.6. The Morgan fingerprint density at radius 1 is 0.373 bits per heavy atom. The molecule has 7 aromatic rings. The van der Waals surface area contributed by atoms with Crippen LogP contribution in [0.5, 0.6) is 5.75 Å². The van der Waals surface area contributed by atoms with Gasteiger partial charge in [0.25, 0.3) is 0 Å². The van der Waals surface area contributed by atoms with Crippen LogP contribution in [0.4, 0.5) is 0 Å². The van der Waals surface area contributed by atoms with Crippen LogP contribution >= 0.6 is 14.5 Å². The van der Waals surface area contributed by atoms with Gasteiger partial charge in [-0.1, -0.05) is 109 Å². The second-order valence-corrected chi connectivity index (χ2v) is 19.5. The second-order valence-electron chi connectivity index (χ2n) is 12.5. The molecule has 0 spiro atoms. The summed E-state index contributed by atoms with van der Waals surface area (Å²) >= 11 is 0. The molecule has 7 rings (SSSR count). The molecule has 0 radical (unpaired) electrons. The van der Waals surface area contributed by atoms with Crippen molar-refractivity contribution in [2.45, 2.75) is 19.2 Å². The number of benzene rings is 7. The minimum atomic E-state index is -2.12. The molecule has 0 N–H and O–H groups in total. The van der Waals surface area contributed by atoms with Gasteiger partial charge in [0.05, 0.1) is 19.4 Å². The summed E-state index contributed by atoms with van der Waals surface area (Å²) in [4.78, 5) is 0. The van der Waals surface area contributed by atoms with E-state index in [1.54, 1.807) is 7.11 Å². The van der Waals surface area contributed by atoms with Crippen molar-refractivity contribution in [3.8, 4) is 5.75 Å². The van der Waals surface area contributed by atoms with Gasteiger partial charge in [0.1, 0.15) is 52.1 Å². The van der Waals surface area contributed by atoms with Crippen LogP contribution in [0, 0.1) is 6.92 Å². The molecular formula is C46H42Br2OP2. The van der Waals surface area contributed by atoms with E-state index in [1.807, 2.05) is 0 Å². The standard InChI is InChI=1S/C46H42OP2.2BrH/c1-37-38(35-48(41-21-9-3-10-22-41,42-23-11-4-12-24-42)43-25-13-5-14-26-43)33-40(47-2)34-39(37)36-49(44-27-15-6-16-28-44,45-29-17-7-18-30-45)46-31-19-8-20-32-46;;/h3-34H,35-36H2,1-2H3;2*1H/q+2;;/p-2. The molecular weight excluding hydrogens is 790 g/mol. The Morgan fingerprint density at radius 3 is 0.784 bits per heavy atom. The summed E-state index contributed by atoms with van der Waals surface area (Å²) in [6.07, 6.45) is 1.79. The molecule has 0 unspecified atom stereocenters. The van der Waals surface area contributed by atoms with Gasteiger partial charge in [0.2, 0.25) is 0 Å². The number of methoxy groups -OCH3 is 1. The molecule has 7 aromatic carbocycles. The van der Waals surface area contributed by atoms with E-state index in [0.717, 1.165) is 18.1 Å². The molecule has 0 aliphatic heterocycles. The van der Waals surface area contributed by atoms with Crippen molar-refractivity contribution in [1.82, 2.24) is 0 Å². The minimum Gasteiger partial charge on any atom is -1.00 e. The van der Waals surface area contributed by atoms with E-state index in [1.165, 1.54) is 48.5 Å². The SMILES string of the molecule is COc1cc(C[P+](c2ccccc2)(c2ccccc2)c2ccccc2)c(C)c(C[P+](c2ccccc2)(c2ccccc2)c2ccccc2)c1.[Br-].[Br-]. The van der Waals surface area contributed by atoms with E-state index in [0.29, 0.717) is 0 Å². The lowest BCUT2D eigenvalue weighted by atomic mass is 10.0. The molecule has 0 aliphatic rings. The first kappa shape index (κ1) is 38.4. The van der Waals surface area contributed by atoms with E-state index in [-0.39, 0.29) is 34.0 Å². The third kappa shape index (κ3) is 7.69. The normalized spacial score (nSPS) is 11.2. The van der Waals surface area contributed by atoms with Gasteiger partial charge in [0, 0.05) is 0 Å². The van der Waals surface area contributed by atoms with E-state index in [4.69, 9.17) is 4.74 Å². The van der Waals surface area contributed by atoms with Crippen LogP contribution in [0.2, 0.25) is 0 Å². The summed E-state index contributed by atoms with van der Waals surface area (Å²) in [6, 6.07) is 71.7. The van der Waals surface area contributed by atoms with Gasteiger partial charge >= 0.3 is 0 Å². The number of hydrogen-bond acceptors (Lipinski definition) is 1. The highest BCUT2D eigenvalue weighted by molar-refractivity contribution is 7.95. The summed E-state index contributed by atoms with van der Waals surface area (Å²) in [5.74, 6) is 0.912. The van der Waals surface area contributed by atoms with Crippen LogP contribution in [0.25, 0.3) is 0 Å². The zero-order chi connectivity index (χ0) is 33.5. The number of rotatable bonds is 11. The summed E-state index contributed by atoms with van der Waals surface area (Å²) in [5.41, 5.74) is 4.03. The van der Waals surface area contributed by atoms with Crippen LogP contribution in [0.1, 0.15) is 16.7 Å². The monoisotopic (exact) mass is 830 g/mol.